The van der Waals surface area contributed by atoms with Crippen molar-refractivity contribution in [3.8, 4) is 0 Å². The van der Waals surface area contributed by atoms with Crippen molar-refractivity contribution in [2.45, 2.75) is 32.4 Å². The predicted molar refractivity (Wildman–Crippen MR) is 122 cm³/mol. The zero-order chi connectivity index (χ0) is 20.3. The Bertz CT molecular complexity index is 1170. The van der Waals surface area contributed by atoms with E-state index in [4.69, 9.17) is 0 Å². The van der Waals surface area contributed by atoms with Crippen LogP contribution in [-0.4, -0.2) is 27.3 Å². The average molecular weight is 417 g/mol. The van der Waals surface area contributed by atoms with E-state index >= 15 is 0 Å². The molecule has 4 aromatic rings. The van der Waals surface area contributed by atoms with Crippen LogP contribution in [0.15, 0.2) is 60.2 Å². The molecule has 3 heterocycles. The van der Waals surface area contributed by atoms with Crippen molar-refractivity contribution in [2.75, 3.05) is 11.9 Å². The molecule has 0 aliphatic carbocycles. The van der Waals surface area contributed by atoms with Crippen LogP contribution in [0.25, 0.3) is 10.9 Å². The van der Waals surface area contributed by atoms with E-state index in [-0.39, 0.29) is 5.91 Å². The van der Waals surface area contributed by atoms with Crippen molar-refractivity contribution >= 4 is 33.8 Å². The van der Waals surface area contributed by atoms with Crippen LogP contribution in [0.3, 0.4) is 0 Å². The zero-order valence-electron chi connectivity index (χ0n) is 16.7. The summed E-state index contributed by atoms with van der Waals surface area (Å²) in [5, 5.41) is 7.46. The Labute approximate surface area is 179 Å². The summed E-state index contributed by atoms with van der Waals surface area (Å²) >= 11 is 1.70. The van der Waals surface area contributed by atoms with E-state index < -0.39 is 0 Å². The number of benzene rings is 2. The lowest BCUT2D eigenvalue weighted by Crippen LogP contribution is -2.30. The first-order chi connectivity index (χ1) is 14.7. The fraction of sp³-hybridized carbons (Fsp3) is 0.250. The molecule has 0 saturated carbocycles. The molecule has 6 heteroatoms. The summed E-state index contributed by atoms with van der Waals surface area (Å²) in [5.74, 6) is 0.0516. The molecule has 1 amide bonds. The van der Waals surface area contributed by atoms with E-state index in [0.29, 0.717) is 6.42 Å². The van der Waals surface area contributed by atoms with Crippen LogP contribution in [0.5, 0.6) is 0 Å². The van der Waals surface area contributed by atoms with Gasteiger partial charge in [-0.2, -0.15) is 0 Å². The lowest BCUT2D eigenvalue weighted by molar-refractivity contribution is -0.116. The number of aryl methyl sites for hydroxylation is 1. The number of amides is 1. The number of fused-ring (bicyclic) bond motifs is 2. The maximum atomic E-state index is 12.5. The van der Waals surface area contributed by atoms with Crippen molar-refractivity contribution in [3.63, 3.8) is 0 Å². The van der Waals surface area contributed by atoms with Crippen molar-refractivity contribution in [3.05, 3.63) is 81.9 Å². The van der Waals surface area contributed by atoms with E-state index in [9.17, 15) is 4.79 Å². The minimum atomic E-state index is 0.0516. The van der Waals surface area contributed by atoms with Crippen molar-refractivity contribution in [2.24, 2.45) is 0 Å². The molecular weight excluding hydrogens is 392 g/mol. The van der Waals surface area contributed by atoms with E-state index in [0.717, 1.165) is 48.7 Å². The molecule has 30 heavy (non-hydrogen) atoms. The first-order valence-corrected chi connectivity index (χ1v) is 11.2. The van der Waals surface area contributed by atoms with E-state index in [1.54, 1.807) is 11.3 Å². The first-order valence-electron chi connectivity index (χ1n) is 10.3. The molecule has 0 spiro atoms. The highest BCUT2D eigenvalue weighted by atomic mass is 32.1. The molecular formula is C24H24N4OS. The molecule has 2 aromatic heterocycles. The summed E-state index contributed by atoms with van der Waals surface area (Å²) in [5.41, 5.74) is 5.86. The third-order valence-electron chi connectivity index (χ3n) is 5.72. The lowest BCUT2D eigenvalue weighted by atomic mass is 9.99. The second-order valence-corrected chi connectivity index (χ2v) is 8.76. The van der Waals surface area contributed by atoms with Crippen molar-refractivity contribution in [1.82, 2.24) is 14.9 Å². The van der Waals surface area contributed by atoms with Gasteiger partial charge in [0, 0.05) is 53.9 Å². The second-order valence-electron chi connectivity index (χ2n) is 7.78. The minimum absolute atomic E-state index is 0.0516. The molecule has 5 nitrogen and oxygen atoms in total. The molecule has 2 aromatic carbocycles. The Morgan fingerprint density at radius 1 is 1.20 bits per heavy atom. The fourth-order valence-electron chi connectivity index (χ4n) is 4.16. The number of hydrogen-bond donors (Lipinski definition) is 2. The summed E-state index contributed by atoms with van der Waals surface area (Å²) in [6, 6.07) is 14.5. The van der Waals surface area contributed by atoms with E-state index in [1.165, 1.54) is 22.1 Å². The Kier molecular flexibility index (Phi) is 5.34. The fourth-order valence-corrected chi connectivity index (χ4v) is 4.82. The molecule has 0 radical (unpaired) electrons. The smallest absolute Gasteiger partial charge is 0.224 e. The number of para-hydroxylation sites is 1. The highest BCUT2D eigenvalue weighted by molar-refractivity contribution is 7.09. The Balaban J connectivity index is 1.21. The second kappa shape index (κ2) is 8.42. The van der Waals surface area contributed by atoms with E-state index in [1.807, 2.05) is 36.0 Å². The van der Waals surface area contributed by atoms with Gasteiger partial charge in [-0.05, 0) is 47.7 Å². The number of aromatic nitrogens is 2. The normalized spacial score (nSPS) is 14.0. The minimum Gasteiger partial charge on any atom is -0.361 e. The third-order valence-corrected chi connectivity index (χ3v) is 6.48. The Morgan fingerprint density at radius 2 is 2.13 bits per heavy atom. The van der Waals surface area contributed by atoms with Crippen LogP contribution >= 0.6 is 11.3 Å². The molecule has 0 saturated heterocycles. The molecule has 1 aliphatic rings. The van der Waals surface area contributed by atoms with Gasteiger partial charge in [-0.3, -0.25) is 9.69 Å². The lowest BCUT2D eigenvalue weighted by Gasteiger charge is -2.28. The summed E-state index contributed by atoms with van der Waals surface area (Å²) in [4.78, 5) is 22.6. The maximum Gasteiger partial charge on any atom is 0.224 e. The summed E-state index contributed by atoms with van der Waals surface area (Å²) in [6.07, 6.45) is 6.10. The van der Waals surface area contributed by atoms with Crippen LogP contribution in [0.1, 0.15) is 28.1 Å². The van der Waals surface area contributed by atoms with Gasteiger partial charge >= 0.3 is 0 Å². The summed E-state index contributed by atoms with van der Waals surface area (Å²) in [6.45, 7) is 2.83. The van der Waals surface area contributed by atoms with Gasteiger partial charge in [-0.1, -0.05) is 24.3 Å². The Morgan fingerprint density at radius 3 is 3.03 bits per heavy atom. The molecule has 0 bridgehead atoms. The topological polar surface area (TPSA) is 61.0 Å². The number of nitrogens with zero attached hydrogens (tertiary/aromatic N) is 2. The number of anilines is 1. The molecule has 5 rings (SSSR count). The SMILES string of the molecule is O=C(CCc1c[nH]c2ccccc12)Nc1ccc2c(c1)CN(Cc1nccs1)CC2. The van der Waals surface area contributed by atoms with Gasteiger partial charge in [0.15, 0.2) is 0 Å². The van der Waals surface area contributed by atoms with Gasteiger partial charge in [0.25, 0.3) is 0 Å². The van der Waals surface area contributed by atoms with Crippen molar-refractivity contribution < 1.29 is 4.79 Å². The number of hydrogen-bond acceptors (Lipinski definition) is 4. The summed E-state index contributed by atoms with van der Waals surface area (Å²) in [7, 11) is 0. The number of aromatic amines is 1. The molecule has 1 aliphatic heterocycles. The van der Waals surface area contributed by atoms with Gasteiger partial charge in [0.1, 0.15) is 5.01 Å². The monoisotopic (exact) mass is 416 g/mol. The van der Waals surface area contributed by atoms with Crippen LogP contribution in [0.4, 0.5) is 5.69 Å². The molecule has 2 N–H and O–H groups in total. The third kappa shape index (κ3) is 4.15. The highest BCUT2D eigenvalue weighted by Crippen LogP contribution is 2.25. The number of carbonyl (C=O) groups excluding carboxylic acids is 1. The number of H-pyrrole nitrogens is 1. The number of thiazole rings is 1. The van der Waals surface area contributed by atoms with Gasteiger partial charge in [-0.15, -0.1) is 11.3 Å². The van der Waals surface area contributed by atoms with Crippen LogP contribution in [0, 0.1) is 0 Å². The predicted octanol–water partition coefficient (Wildman–Crippen LogP) is 4.75. The number of nitrogens with one attached hydrogen (secondary N) is 2. The summed E-state index contributed by atoms with van der Waals surface area (Å²) < 4.78 is 0. The largest absolute Gasteiger partial charge is 0.361 e. The highest BCUT2D eigenvalue weighted by Gasteiger charge is 2.18. The van der Waals surface area contributed by atoms with Crippen LogP contribution in [-0.2, 0) is 30.7 Å². The molecule has 0 atom stereocenters. The van der Waals surface area contributed by atoms with Crippen LogP contribution in [0.2, 0.25) is 0 Å². The average Bonchev–Trinajstić information content (AvgIpc) is 3.42. The van der Waals surface area contributed by atoms with Crippen molar-refractivity contribution in [1.29, 1.82) is 0 Å². The molecule has 0 fully saturated rings. The maximum absolute atomic E-state index is 12.5. The molecule has 152 valence electrons. The van der Waals surface area contributed by atoms with Gasteiger partial charge < -0.3 is 10.3 Å². The standard InChI is InChI=1S/C24H24N4OS/c29-23(8-6-18-14-26-22-4-2-1-3-21(18)22)27-20-7-5-17-9-11-28(15-19(17)13-20)16-24-25-10-12-30-24/h1-5,7,10,12-14,26H,6,8-9,11,15-16H2,(H,27,29). The zero-order valence-corrected chi connectivity index (χ0v) is 17.5. The first kappa shape index (κ1) is 19.0. The molecule has 0 unspecified atom stereocenters. The number of carbonyl (C=O) groups is 1. The van der Waals surface area contributed by atoms with E-state index in [2.05, 4.69) is 44.5 Å². The number of rotatable bonds is 6. The quantitative estimate of drug-likeness (QED) is 0.477. The van der Waals surface area contributed by atoms with Gasteiger partial charge in [0.05, 0.1) is 6.54 Å². The Hall–Kier alpha value is -2.96. The van der Waals surface area contributed by atoms with Crippen LogP contribution < -0.4 is 5.32 Å². The van der Waals surface area contributed by atoms with Gasteiger partial charge in [-0.25, -0.2) is 4.98 Å². The van der Waals surface area contributed by atoms with Gasteiger partial charge in [0.2, 0.25) is 5.91 Å².